The number of fused-ring (bicyclic) bond motifs is 6. The molecule has 11 rings (SSSR count). The van der Waals surface area contributed by atoms with Crippen molar-refractivity contribution in [2.75, 3.05) is 4.90 Å². The van der Waals surface area contributed by atoms with Gasteiger partial charge < -0.3 is 4.90 Å². The molecule has 2 heteroatoms. The molecule has 0 fully saturated rings. The average molecular weight is 744 g/mol. The van der Waals surface area contributed by atoms with Gasteiger partial charge in [-0.3, -0.25) is 0 Å². The summed E-state index contributed by atoms with van der Waals surface area (Å²) in [5.74, 6) is 0. The minimum absolute atomic E-state index is 0.413. The third-order valence-corrected chi connectivity index (χ3v) is 12.9. The minimum atomic E-state index is -0.413. The summed E-state index contributed by atoms with van der Waals surface area (Å²) in [6, 6.07) is 82.3. The molecule has 57 heavy (non-hydrogen) atoms. The van der Waals surface area contributed by atoms with Gasteiger partial charge in [0.05, 0.1) is 5.41 Å². The monoisotopic (exact) mass is 743 g/mol. The van der Waals surface area contributed by atoms with E-state index in [4.69, 9.17) is 0 Å². The quantitative estimate of drug-likeness (QED) is 0.157. The Kier molecular flexibility index (Phi) is 7.98. The lowest BCUT2D eigenvalue weighted by molar-refractivity contribution is 0.770. The van der Waals surface area contributed by atoms with Crippen LogP contribution in [0.5, 0.6) is 0 Å². The van der Waals surface area contributed by atoms with Crippen LogP contribution in [0.15, 0.2) is 224 Å². The molecule has 0 aliphatic heterocycles. The fourth-order valence-electron chi connectivity index (χ4n) is 9.18. The molecule has 0 unspecified atom stereocenters. The first-order chi connectivity index (χ1) is 28.3. The normalized spacial score (nSPS) is 12.7. The molecule has 0 bridgehead atoms. The first-order valence-electron chi connectivity index (χ1n) is 19.6. The molecule has 0 N–H and O–H groups in total. The zero-order chi connectivity index (χ0) is 37.8. The van der Waals surface area contributed by atoms with Gasteiger partial charge in [0, 0.05) is 37.2 Å². The van der Waals surface area contributed by atoms with Crippen LogP contribution in [-0.4, -0.2) is 0 Å². The van der Waals surface area contributed by atoms with Gasteiger partial charge in [-0.2, -0.15) is 0 Å². The van der Waals surface area contributed by atoms with E-state index >= 15 is 0 Å². The number of thiophene rings is 1. The van der Waals surface area contributed by atoms with Crippen LogP contribution in [0.1, 0.15) is 22.3 Å². The van der Waals surface area contributed by atoms with Gasteiger partial charge in [-0.05, 0) is 110 Å². The second-order valence-corrected chi connectivity index (χ2v) is 15.9. The van der Waals surface area contributed by atoms with Crippen molar-refractivity contribution in [2.24, 2.45) is 0 Å². The maximum atomic E-state index is 2.47. The Bertz CT molecular complexity index is 3010. The first-order valence-corrected chi connectivity index (χ1v) is 20.4. The second-order valence-electron chi connectivity index (χ2n) is 14.9. The van der Waals surface area contributed by atoms with Gasteiger partial charge in [0.15, 0.2) is 0 Å². The number of nitrogens with zero attached hydrogens (tertiary/aromatic N) is 1. The molecule has 1 aliphatic carbocycles. The average Bonchev–Trinajstić information content (AvgIpc) is 3.81. The van der Waals surface area contributed by atoms with Gasteiger partial charge in [-0.25, -0.2) is 0 Å². The molecule has 1 nitrogen and oxygen atoms in total. The van der Waals surface area contributed by atoms with Gasteiger partial charge >= 0.3 is 0 Å². The third kappa shape index (κ3) is 5.44. The van der Waals surface area contributed by atoms with Crippen molar-refractivity contribution < 1.29 is 0 Å². The minimum Gasteiger partial charge on any atom is -0.310 e. The van der Waals surface area contributed by atoms with Crippen LogP contribution >= 0.6 is 11.3 Å². The number of rotatable bonds is 7. The van der Waals surface area contributed by atoms with Crippen molar-refractivity contribution in [3.05, 3.63) is 247 Å². The predicted molar refractivity (Wildman–Crippen MR) is 242 cm³/mol. The maximum Gasteiger partial charge on any atom is 0.0713 e. The van der Waals surface area contributed by atoms with Gasteiger partial charge in [-0.15, -0.1) is 11.3 Å². The summed E-state index contributed by atoms with van der Waals surface area (Å²) < 4.78 is 2.60. The highest BCUT2D eigenvalue weighted by atomic mass is 32.1. The van der Waals surface area contributed by atoms with Crippen molar-refractivity contribution in [2.45, 2.75) is 5.41 Å². The molecule has 0 amide bonds. The maximum absolute atomic E-state index is 2.47. The Morgan fingerprint density at radius 1 is 0.316 bits per heavy atom. The summed E-state index contributed by atoms with van der Waals surface area (Å²) in [4.78, 5) is 2.35. The smallest absolute Gasteiger partial charge is 0.0713 e. The fourth-order valence-corrected chi connectivity index (χ4v) is 10.3. The van der Waals surface area contributed by atoms with Crippen LogP contribution in [0.25, 0.3) is 53.6 Å². The Balaban J connectivity index is 1.01. The van der Waals surface area contributed by atoms with Gasteiger partial charge in [0.25, 0.3) is 0 Å². The van der Waals surface area contributed by atoms with Crippen LogP contribution in [-0.2, 0) is 5.41 Å². The van der Waals surface area contributed by atoms with Crippen LogP contribution in [0.4, 0.5) is 17.1 Å². The lowest BCUT2D eigenvalue weighted by Crippen LogP contribution is -2.28. The highest BCUT2D eigenvalue weighted by Crippen LogP contribution is 2.56. The number of benzene rings is 9. The number of hydrogen-bond donors (Lipinski definition) is 0. The van der Waals surface area contributed by atoms with E-state index in [9.17, 15) is 0 Å². The third-order valence-electron chi connectivity index (χ3n) is 11.7. The molecule has 268 valence electrons. The fraction of sp³-hybridized carbons (Fsp3) is 0.0182. The summed E-state index contributed by atoms with van der Waals surface area (Å²) in [5.41, 5.74) is 15.7. The lowest BCUT2D eigenvalue weighted by atomic mass is 9.67. The topological polar surface area (TPSA) is 3.24 Å². The summed E-state index contributed by atoms with van der Waals surface area (Å²) in [5, 5.41) is 2.60. The van der Waals surface area contributed by atoms with E-state index in [0.29, 0.717) is 0 Å². The van der Waals surface area contributed by atoms with Gasteiger partial charge in [0.2, 0.25) is 0 Å². The number of hydrogen-bond acceptors (Lipinski definition) is 2. The van der Waals surface area contributed by atoms with Crippen molar-refractivity contribution in [3.8, 4) is 33.4 Å². The lowest BCUT2D eigenvalue weighted by Gasteiger charge is -2.34. The van der Waals surface area contributed by atoms with E-state index in [1.807, 2.05) is 11.3 Å². The standard InChI is InChI=1S/C55H37NS/c1-4-15-38(16-5-1)39-27-31-45(32-28-39)56(44-20-8-3-9-21-44)46-22-14-17-40(35-46)41-29-33-49-50-37-43(30-34-53(50)57-54(49)36-41)55(42-18-6-2-7-19-42)51-25-12-10-23-47(51)48-24-11-13-26-52(48)55/h1-37H. The Labute approximate surface area is 337 Å². The van der Waals surface area contributed by atoms with E-state index in [1.165, 1.54) is 75.8 Å². The van der Waals surface area contributed by atoms with Crippen molar-refractivity contribution in [1.82, 2.24) is 0 Å². The molecule has 0 atom stereocenters. The molecule has 1 heterocycles. The SMILES string of the molecule is c1ccc(-c2ccc(N(c3ccccc3)c3cccc(-c4ccc5c(c4)sc4ccc(C6(c7ccccc7)c7ccccc7-c7ccccc76)cc45)c3)cc2)cc1. The molecule has 10 aromatic rings. The highest BCUT2D eigenvalue weighted by Gasteiger charge is 2.45. The Morgan fingerprint density at radius 3 is 1.58 bits per heavy atom. The summed E-state index contributed by atoms with van der Waals surface area (Å²) >= 11 is 1.88. The molecular weight excluding hydrogens is 707 g/mol. The van der Waals surface area contributed by atoms with Crippen molar-refractivity contribution in [1.29, 1.82) is 0 Å². The zero-order valence-corrected chi connectivity index (χ0v) is 32.0. The first kappa shape index (κ1) is 33.3. The van der Waals surface area contributed by atoms with E-state index in [-0.39, 0.29) is 0 Å². The molecule has 1 aliphatic rings. The molecular formula is C55H37NS. The summed E-state index contributed by atoms with van der Waals surface area (Å²) in [6.45, 7) is 0. The molecule has 1 aromatic heterocycles. The van der Waals surface area contributed by atoms with Crippen LogP contribution in [0.3, 0.4) is 0 Å². The van der Waals surface area contributed by atoms with Crippen molar-refractivity contribution in [3.63, 3.8) is 0 Å². The molecule has 0 spiro atoms. The molecule has 0 saturated carbocycles. The second kappa shape index (κ2) is 13.6. The largest absolute Gasteiger partial charge is 0.310 e. The van der Waals surface area contributed by atoms with E-state index in [1.54, 1.807) is 0 Å². The highest BCUT2D eigenvalue weighted by molar-refractivity contribution is 7.25. The van der Waals surface area contributed by atoms with Crippen LogP contribution in [0, 0.1) is 0 Å². The van der Waals surface area contributed by atoms with E-state index in [0.717, 1.165) is 17.1 Å². The van der Waals surface area contributed by atoms with Gasteiger partial charge in [-0.1, -0.05) is 170 Å². The molecule has 9 aromatic carbocycles. The van der Waals surface area contributed by atoms with Gasteiger partial charge in [0.1, 0.15) is 0 Å². The molecule has 0 radical (unpaired) electrons. The van der Waals surface area contributed by atoms with Crippen molar-refractivity contribution >= 4 is 48.6 Å². The number of para-hydroxylation sites is 1. The Morgan fingerprint density at radius 2 is 0.860 bits per heavy atom. The van der Waals surface area contributed by atoms with E-state index < -0.39 is 5.41 Å². The number of anilines is 3. The summed E-state index contributed by atoms with van der Waals surface area (Å²) in [6.07, 6.45) is 0. The predicted octanol–water partition coefficient (Wildman–Crippen LogP) is 15.2. The van der Waals surface area contributed by atoms with Crippen LogP contribution in [0.2, 0.25) is 0 Å². The zero-order valence-electron chi connectivity index (χ0n) is 31.2. The Hall–Kier alpha value is -7.00. The summed E-state index contributed by atoms with van der Waals surface area (Å²) in [7, 11) is 0. The van der Waals surface area contributed by atoms with E-state index in [2.05, 4.69) is 229 Å². The molecule has 0 saturated heterocycles. The van der Waals surface area contributed by atoms with Crippen LogP contribution < -0.4 is 4.90 Å².